The average molecular weight is 517 g/mol. The largest absolute Gasteiger partial charge is 0.354 e. The first-order chi connectivity index (χ1) is 13.1. The summed E-state index contributed by atoms with van der Waals surface area (Å²) in [5.74, 6) is 2.60. The van der Waals surface area contributed by atoms with Gasteiger partial charge in [0.1, 0.15) is 0 Å². The highest BCUT2D eigenvalue weighted by molar-refractivity contribution is 14.0. The van der Waals surface area contributed by atoms with Crippen LogP contribution in [0.25, 0.3) is 0 Å². The molecule has 2 heterocycles. The number of sulfone groups is 1. The minimum atomic E-state index is -2.82. The Bertz CT molecular complexity index is 757. The molecule has 0 aromatic heterocycles. The third-order valence-corrected chi connectivity index (χ3v) is 7.85. The van der Waals surface area contributed by atoms with Crippen molar-refractivity contribution in [3.63, 3.8) is 0 Å². The fourth-order valence-electron chi connectivity index (χ4n) is 4.18. The normalized spacial score (nSPS) is 25.4. The second-order valence-corrected chi connectivity index (χ2v) is 10.7. The Morgan fingerprint density at radius 1 is 1.04 bits per heavy atom. The number of nitrogens with zero attached hydrogens (tertiary/aromatic N) is 2. The topological polar surface area (TPSA) is 61.8 Å². The van der Waals surface area contributed by atoms with Gasteiger partial charge in [0.05, 0.1) is 11.5 Å². The Morgan fingerprint density at radius 2 is 1.75 bits per heavy atom. The minimum Gasteiger partial charge on any atom is -0.354 e. The first kappa shape index (κ1) is 21.9. The van der Waals surface area contributed by atoms with E-state index in [0.29, 0.717) is 24.1 Å². The lowest BCUT2D eigenvalue weighted by molar-refractivity contribution is 0.258. The van der Waals surface area contributed by atoms with Crippen LogP contribution in [0, 0.1) is 11.8 Å². The van der Waals surface area contributed by atoms with Crippen LogP contribution >= 0.6 is 24.0 Å². The summed E-state index contributed by atoms with van der Waals surface area (Å²) in [6, 6.07) is 11.3. The van der Waals surface area contributed by atoms with Crippen molar-refractivity contribution in [2.45, 2.75) is 44.6 Å². The van der Waals surface area contributed by atoms with Crippen molar-refractivity contribution in [2.24, 2.45) is 16.8 Å². The Balaban J connectivity index is 0.00000225. The van der Waals surface area contributed by atoms with Gasteiger partial charge in [0.25, 0.3) is 0 Å². The number of piperidine rings is 1. The van der Waals surface area contributed by atoms with Crippen LogP contribution < -0.4 is 5.32 Å². The maximum absolute atomic E-state index is 11.7. The molecule has 1 aromatic rings. The molecular formula is C21H32IN3O2S. The van der Waals surface area contributed by atoms with Crippen LogP contribution in [0.3, 0.4) is 0 Å². The van der Waals surface area contributed by atoms with Gasteiger partial charge in [-0.3, -0.25) is 4.99 Å². The summed E-state index contributed by atoms with van der Waals surface area (Å²) in [7, 11) is -2.82. The highest BCUT2D eigenvalue weighted by Gasteiger charge is 2.30. The smallest absolute Gasteiger partial charge is 0.194 e. The second-order valence-electron chi connectivity index (χ2n) is 8.47. The van der Waals surface area contributed by atoms with Gasteiger partial charge in [0, 0.05) is 25.7 Å². The molecule has 7 heteroatoms. The summed E-state index contributed by atoms with van der Waals surface area (Å²) in [5, 5.41) is 3.60. The Labute approximate surface area is 186 Å². The van der Waals surface area contributed by atoms with Gasteiger partial charge in [-0.1, -0.05) is 30.3 Å². The molecule has 2 aliphatic heterocycles. The Kier molecular flexibility index (Phi) is 7.64. The lowest BCUT2D eigenvalue weighted by atomic mass is 9.90. The average Bonchev–Trinajstić information content (AvgIpc) is 3.42. The maximum atomic E-state index is 11.7. The lowest BCUT2D eigenvalue weighted by Gasteiger charge is -2.34. The molecule has 28 heavy (non-hydrogen) atoms. The van der Waals surface area contributed by atoms with Crippen LogP contribution in [0.4, 0.5) is 0 Å². The predicted octanol–water partition coefficient (Wildman–Crippen LogP) is 3.10. The molecule has 1 N–H and O–H groups in total. The zero-order valence-electron chi connectivity index (χ0n) is 16.4. The molecule has 0 radical (unpaired) electrons. The van der Waals surface area contributed by atoms with Crippen molar-refractivity contribution in [1.29, 1.82) is 0 Å². The summed E-state index contributed by atoms with van der Waals surface area (Å²) in [5.41, 5.74) is 1.43. The number of hydrogen-bond donors (Lipinski definition) is 1. The van der Waals surface area contributed by atoms with Crippen molar-refractivity contribution < 1.29 is 8.42 Å². The summed E-state index contributed by atoms with van der Waals surface area (Å²) in [6.07, 6.45) is 6.76. The second kappa shape index (κ2) is 9.78. The van der Waals surface area contributed by atoms with Gasteiger partial charge >= 0.3 is 0 Å². The molecular weight excluding hydrogens is 485 g/mol. The van der Waals surface area contributed by atoms with Crippen LogP contribution in [-0.4, -0.2) is 56.5 Å². The predicted molar refractivity (Wildman–Crippen MR) is 125 cm³/mol. The van der Waals surface area contributed by atoms with E-state index in [1.54, 1.807) is 0 Å². The van der Waals surface area contributed by atoms with Gasteiger partial charge in [-0.2, -0.15) is 0 Å². The SMILES string of the molecule is I.O=S1(=O)CCC(CN=C(NC2CC2)N2CCC(Cc3ccccc3)CC2)C1. The molecule has 0 spiro atoms. The van der Waals surface area contributed by atoms with Gasteiger partial charge < -0.3 is 10.2 Å². The molecule has 3 fully saturated rings. The molecule has 5 nitrogen and oxygen atoms in total. The Hall–Kier alpha value is -0.830. The molecule has 156 valence electrons. The molecule has 0 amide bonds. The van der Waals surface area contributed by atoms with Crippen molar-refractivity contribution in [3.05, 3.63) is 35.9 Å². The molecule has 1 atom stereocenters. The molecule has 1 saturated carbocycles. The first-order valence-corrected chi connectivity index (χ1v) is 12.2. The van der Waals surface area contributed by atoms with Gasteiger partial charge in [-0.15, -0.1) is 24.0 Å². The summed E-state index contributed by atoms with van der Waals surface area (Å²) in [6.45, 7) is 2.72. The van der Waals surface area contributed by atoms with E-state index in [9.17, 15) is 8.42 Å². The van der Waals surface area contributed by atoms with Gasteiger partial charge in [-0.25, -0.2) is 8.42 Å². The van der Waals surface area contributed by atoms with Crippen LogP contribution in [-0.2, 0) is 16.3 Å². The van der Waals surface area contributed by atoms with Crippen LogP contribution in [0.5, 0.6) is 0 Å². The number of rotatable bonds is 5. The lowest BCUT2D eigenvalue weighted by Crippen LogP contribution is -2.46. The van der Waals surface area contributed by atoms with Crippen LogP contribution in [0.2, 0.25) is 0 Å². The van der Waals surface area contributed by atoms with Crippen molar-refractivity contribution >= 4 is 39.8 Å². The number of halogens is 1. The first-order valence-electron chi connectivity index (χ1n) is 10.4. The number of nitrogens with one attached hydrogen (secondary N) is 1. The van der Waals surface area contributed by atoms with E-state index in [4.69, 9.17) is 4.99 Å². The fraction of sp³-hybridized carbons (Fsp3) is 0.667. The minimum absolute atomic E-state index is 0. The van der Waals surface area contributed by atoms with Crippen molar-refractivity contribution in [1.82, 2.24) is 10.2 Å². The molecule has 2 saturated heterocycles. The van der Waals surface area contributed by atoms with Crippen LogP contribution in [0.15, 0.2) is 35.3 Å². The molecule has 3 aliphatic rings. The monoisotopic (exact) mass is 517 g/mol. The van der Waals surface area contributed by atoms with E-state index in [-0.39, 0.29) is 29.9 Å². The third-order valence-electron chi connectivity index (χ3n) is 6.02. The summed E-state index contributed by atoms with van der Waals surface area (Å²) < 4.78 is 23.4. The van der Waals surface area contributed by atoms with Gasteiger partial charge in [0.2, 0.25) is 0 Å². The van der Waals surface area contributed by atoms with Gasteiger partial charge in [0.15, 0.2) is 15.8 Å². The molecule has 0 bridgehead atoms. The van der Waals surface area contributed by atoms with E-state index in [0.717, 1.165) is 37.8 Å². The zero-order valence-corrected chi connectivity index (χ0v) is 19.6. The quantitative estimate of drug-likeness (QED) is 0.371. The molecule has 4 rings (SSSR count). The Morgan fingerprint density at radius 3 is 2.36 bits per heavy atom. The number of guanidine groups is 1. The van der Waals surface area contributed by atoms with Crippen molar-refractivity contribution in [3.8, 4) is 0 Å². The third kappa shape index (κ3) is 6.34. The molecule has 1 aromatic carbocycles. The van der Waals surface area contributed by atoms with Crippen molar-refractivity contribution in [2.75, 3.05) is 31.1 Å². The summed E-state index contributed by atoms with van der Waals surface area (Å²) in [4.78, 5) is 7.24. The highest BCUT2D eigenvalue weighted by Crippen LogP contribution is 2.24. The molecule has 1 unspecified atom stereocenters. The zero-order chi connectivity index (χ0) is 18.7. The number of hydrogen-bond acceptors (Lipinski definition) is 3. The van der Waals surface area contributed by atoms with E-state index < -0.39 is 9.84 Å². The van der Waals surface area contributed by atoms with E-state index >= 15 is 0 Å². The van der Waals surface area contributed by atoms with E-state index in [2.05, 4.69) is 40.5 Å². The maximum Gasteiger partial charge on any atom is 0.194 e. The number of likely N-dealkylation sites (tertiary alicyclic amines) is 1. The van der Waals surface area contributed by atoms with Crippen LogP contribution in [0.1, 0.15) is 37.7 Å². The number of aliphatic imine (C=N–C) groups is 1. The molecule has 1 aliphatic carbocycles. The standard InChI is InChI=1S/C21H31N3O2S.HI/c25-27(26)13-10-19(16-27)15-22-21(23-20-6-7-20)24-11-8-18(9-12-24)14-17-4-2-1-3-5-17;/h1-5,18-20H,6-16H2,(H,22,23);1H. The highest BCUT2D eigenvalue weighted by atomic mass is 127. The van der Waals surface area contributed by atoms with E-state index in [1.807, 2.05) is 0 Å². The van der Waals surface area contributed by atoms with Gasteiger partial charge in [-0.05, 0) is 55.9 Å². The summed E-state index contributed by atoms with van der Waals surface area (Å²) >= 11 is 0. The number of benzene rings is 1. The fourth-order valence-corrected chi connectivity index (χ4v) is 6.02. The van der Waals surface area contributed by atoms with E-state index in [1.165, 1.54) is 31.2 Å².